The molecule has 9 nitrogen and oxygen atoms in total. The third-order valence-corrected chi connectivity index (χ3v) is 6.06. The van der Waals surface area contributed by atoms with Crippen LogP contribution in [0.15, 0.2) is 42.9 Å². The number of aryl methyl sites for hydroxylation is 1. The van der Waals surface area contributed by atoms with Crippen molar-refractivity contribution in [3.63, 3.8) is 0 Å². The van der Waals surface area contributed by atoms with Crippen LogP contribution in [0.2, 0.25) is 0 Å². The van der Waals surface area contributed by atoms with Crippen molar-refractivity contribution in [3.8, 4) is 17.3 Å². The first-order valence-electron chi connectivity index (χ1n) is 11.4. The molecule has 9 heteroatoms. The molecule has 0 spiro atoms. The van der Waals surface area contributed by atoms with Crippen LogP contribution in [0, 0.1) is 18.3 Å². The predicted octanol–water partition coefficient (Wildman–Crippen LogP) is 4.06. The lowest BCUT2D eigenvalue weighted by Gasteiger charge is -2.31. The first-order valence-corrected chi connectivity index (χ1v) is 11.4. The number of carbonyl (C=O) groups excluding carboxylic acids is 2. The molecule has 1 fully saturated rings. The van der Waals surface area contributed by atoms with Gasteiger partial charge in [-0.25, -0.2) is 9.97 Å². The van der Waals surface area contributed by atoms with Crippen molar-refractivity contribution in [3.05, 3.63) is 54.0 Å². The van der Waals surface area contributed by atoms with Gasteiger partial charge in [0.05, 0.1) is 29.7 Å². The summed E-state index contributed by atoms with van der Waals surface area (Å²) >= 11 is 0. The normalized spacial score (nSPS) is 14.0. The molecule has 0 bridgehead atoms. The number of amides is 1. The molecular weight excluding hydrogens is 430 g/mol. The van der Waals surface area contributed by atoms with Crippen molar-refractivity contribution in [1.29, 1.82) is 5.26 Å². The molecule has 1 aliphatic heterocycles. The maximum Gasteiger partial charge on any atom is 0.227 e. The summed E-state index contributed by atoms with van der Waals surface area (Å²) in [5, 5.41) is 16.4. The van der Waals surface area contributed by atoms with E-state index in [0.717, 1.165) is 48.4 Å². The average molecular weight is 458 g/mol. The van der Waals surface area contributed by atoms with Crippen molar-refractivity contribution in [2.24, 2.45) is 0 Å². The zero-order chi connectivity index (χ0) is 24.1. The maximum absolute atomic E-state index is 12.1. The molecule has 0 unspecified atom stereocenters. The second-order valence-electron chi connectivity index (χ2n) is 8.46. The highest BCUT2D eigenvalue weighted by Crippen LogP contribution is 2.26. The van der Waals surface area contributed by atoms with Gasteiger partial charge in [-0.2, -0.15) is 10.4 Å². The minimum Gasteiger partial charge on any atom is -0.343 e. The van der Waals surface area contributed by atoms with Gasteiger partial charge in [0.2, 0.25) is 11.9 Å². The van der Waals surface area contributed by atoms with E-state index in [1.54, 1.807) is 31.5 Å². The first-order chi connectivity index (χ1) is 16.4. The van der Waals surface area contributed by atoms with Gasteiger partial charge in [-0.15, -0.1) is 0 Å². The Balaban J connectivity index is 1.45. The SMILES string of the molecule is CC(=O)N1CCC(n2cc(Nc3ncc(C)c(-c4ccc(C(=O)CCC#N)cc4)n3)cn2)CC1. The Labute approximate surface area is 198 Å². The number of ketones is 1. The molecular formula is C25H27N7O2. The van der Waals surface area contributed by atoms with Crippen molar-refractivity contribution < 1.29 is 9.59 Å². The van der Waals surface area contributed by atoms with Crippen LogP contribution in [0.1, 0.15) is 54.6 Å². The third kappa shape index (κ3) is 5.29. The van der Waals surface area contributed by atoms with Crippen LogP contribution in [0.25, 0.3) is 11.3 Å². The molecule has 1 aromatic carbocycles. The number of piperidine rings is 1. The van der Waals surface area contributed by atoms with Crippen LogP contribution >= 0.6 is 0 Å². The van der Waals surface area contributed by atoms with E-state index in [1.165, 1.54) is 0 Å². The standard InChI is InChI=1S/C25H27N7O2/c1-17-14-27-25(30-24(17)20-7-5-19(6-8-20)23(34)4-3-11-26)29-21-15-28-32(16-21)22-9-12-31(13-10-22)18(2)33/h5-8,14-16,22H,3-4,9-10,12-13H2,1-2H3,(H,27,29,30). The van der Waals surface area contributed by atoms with Gasteiger partial charge in [0.15, 0.2) is 5.78 Å². The second kappa shape index (κ2) is 10.3. The molecule has 1 saturated heterocycles. The van der Waals surface area contributed by atoms with Gasteiger partial charge >= 0.3 is 0 Å². The van der Waals surface area contributed by atoms with Crippen molar-refractivity contribution in [1.82, 2.24) is 24.6 Å². The van der Waals surface area contributed by atoms with Crippen LogP contribution in [-0.2, 0) is 4.79 Å². The first kappa shape index (κ1) is 23.1. The second-order valence-corrected chi connectivity index (χ2v) is 8.46. The number of carbonyl (C=O) groups is 2. The van der Waals surface area contributed by atoms with Crippen molar-refractivity contribution in [2.75, 3.05) is 18.4 Å². The van der Waals surface area contributed by atoms with Crippen molar-refractivity contribution in [2.45, 2.75) is 45.6 Å². The summed E-state index contributed by atoms with van der Waals surface area (Å²) in [4.78, 5) is 34.6. The van der Waals surface area contributed by atoms with Gasteiger partial charge < -0.3 is 10.2 Å². The van der Waals surface area contributed by atoms with Gasteiger partial charge in [0.25, 0.3) is 0 Å². The Bertz CT molecular complexity index is 1220. The van der Waals surface area contributed by atoms with Crippen molar-refractivity contribution >= 4 is 23.3 Å². The number of likely N-dealkylation sites (tertiary alicyclic amines) is 1. The van der Waals surface area contributed by atoms with E-state index in [0.29, 0.717) is 11.5 Å². The number of Topliss-reactive ketones (excluding diaryl/α,β-unsaturated/α-hetero) is 1. The summed E-state index contributed by atoms with van der Waals surface area (Å²) < 4.78 is 1.94. The Morgan fingerprint density at radius 3 is 2.59 bits per heavy atom. The summed E-state index contributed by atoms with van der Waals surface area (Å²) in [6.07, 6.45) is 7.65. The van der Waals surface area contributed by atoms with Gasteiger partial charge in [0.1, 0.15) is 0 Å². The van der Waals surface area contributed by atoms with Crippen LogP contribution in [-0.4, -0.2) is 49.4 Å². The van der Waals surface area contributed by atoms with E-state index in [-0.39, 0.29) is 30.6 Å². The predicted molar refractivity (Wildman–Crippen MR) is 127 cm³/mol. The Morgan fingerprint density at radius 1 is 1.18 bits per heavy atom. The number of anilines is 2. The van der Waals surface area contributed by atoms with Gasteiger partial charge in [-0.1, -0.05) is 24.3 Å². The summed E-state index contributed by atoms with van der Waals surface area (Å²) in [7, 11) is 0. The fourth-order valence-electron chi connectivity index (χ4n) is 4.10. The van der Waals surface area contributed by atoms with E-state index >= 15 is 0 Å². The van der Waals surface area contributed by atoms with E-state index in [1.807, 2.05) is 40.9 Å². The van der Waals surface area contributed by atoms with Crippen LogP contribution in [0.3, 0.4) is 0 Å². The number of nitrogens with zero attached hydrogens (tertiary/aromatic N) is 6. The molecule has 0 radical (unpaired) electrons. The lowest BCUT2D eigenvalue weighted by atomic mass is 10.0. The summed E-state index contributed by atoms with van der Waals surface area (Å²) in [5.41, 5.74) is 3.96. The average Bonchev–Trinajstić information content (AvgIpc) is 3.32. The molecule has 174 valence electrons. The molecule has 0 atom stereocenters. The number of aromatic nitrogens is 4. The van der Waals surface area contributed by atoms with Crippen LogP contribution in [0.5, 0.6) is 0 Å². The number of hydrogen-bond donors (Lipinski definition) is 1. The highest BCUT2D eigenvalue weighted by molar-refractivity contribution is 5.96. The molecule has 0 aliphatic carbocycles. The van der Waals surface area contributed by atoms with Crippen LogP contribution < -0.4 is 5.32 Å². The van der Waals surface area contributed by atoms with E-state index in [2.05, 4.69) is 20.4 Å². The molecule has 2 aromatic heterocycles. The topological polar surface area (TPSA) is 117 Å². The summed E-state index contributed by atoms with van der Waals surface area (Å²) in [6.45, 7) is 5.04. The highest BCUT2D eigenvalue weighted by Gasteiger charge is 2.22. The summed E-state index contributed by atoms with van der Waals surface area (Å²) in [6, 6.07) is 9.53. The third-order valence-electron chi connectivity index (χ3n) is 6.06. The van der Waals surface area contributed by atoms with Gasteiger partial charge in [-0.05, 0) is 25.3 Å². The maximum atomic E-state index is 12.1. The molecule has 1 N–H and O–H groups in total. The van der Waals surface area contributed by atoms with Gasteiger partial charge in [-0.3, -0.25) is 14.3 Å². The lowest BCUT2D eigenvalue weighted by molar-refractivity contribution is -0.130. The molecule has 34 heavy (non-hydrogen) atoms. The zero-order valence-electron chi connectivity index (χ0n) is 19.4. The summed E-state index contributed by atoms with van der Waals surface area (Å²) in [5.74, 6) is 0.536. The fourth-order valence-corrected chi connectivity index (χ4v) is 4.10. The Morgan fingerprint density at radius 2 is 1.91 bits per heavy atom. The van der Waals surface area contributed by atoms with E-state index in [4.69, 9.17) is 5.26 Å². The molecule has 4 rings (SSSR count). The molecule has 1 aliphatic rings. The highest BCUT2D eigenvalue weighted by atomic mass is 16.2. The molecule has 3 heterocycles. The number of nitriles is 1. The number of nitrogens with one attached hydrogen (secondary N) is 1. The number of hydrogen-bond acceptors (Lipinski definition) is 7. The number of benzene rings is 1. The monoisotopic (exact) mass is 457 g/mol. The Kier molecular flexibility index (Phi) is 6.97. The zero-order valence-corrected chi connectivity index (χ0v) is 19.4. The fraction of sp³-hybridized carbons (Fsp3) is 0.360. The number of rotatable bonds is 7. The van der Waals surface area contributed by atoms with Crippen LogP contribution in [0.4, 0.5) is 11.6 Å². The quantitative estimate of drug-likeness (QED) is 0.532. The minimum atomic E-state index is -0.0427. The lowest BCUT2D eigenvalue weighted by Crippen LogP contribution is -2.37. The van der Waals surface area contributed by atoms with Gasteiger partial charge in [0, 0.05) is 56.4 Å². The van der Waals surface area contributed by atoms with E-state index in [9.17, 15) is 9.59 Å². The largest absolute Gasteiger partial charge is 0.343 e. The molecule has 1 amide bonds. The Hall–Kier alpha value is -4.06. The minimum absolute atomic E-state index is 0.0427. The molecule has 0 saturated carbocycles. The smallest absolute Gasteiger partial charge is 0.227 e. The molecule has 3 aromatic rings. The van der Waals surface area contributed by atoms with E-state index < -0.39 is 0 Å².